The van der Waals surface area contributed by atoms with E-state index >= 15 is 0 Å². The Bertz CT molecular complexity index is 1170. The summed E-state index contributed by atoms with van der Waals surface area (Å²) in [4.78, 5) is 4.50. The van der Waals surface area contributed by atoms with Crippen LogP contribution in [0.5, 0.6) is 0 Å². The molecule has 0 spiro atoms. The van der Waals surface area contributed by atoms with Crippen LogP contribution < -0.4 is 11.1 Å². The smallest absolute Gasteiger partial charge is 0.110 e. The van der Waals surface area contributed by atoms with E-state index in [9.17, 15) is 0 Å². The molecule has 0 aliphatic rings. The van der Waals surface area contributed by atoms with Crippen LogP contribution in [0, 0.1) is 0 Å². The van der Waals surface area contributed by atoms with E-state index in [1.165, 1.54) is 0 Å². The van der Waals surface area contributed by atoms with Crippen molar-refractivity contribution in [2.45, 2.75) is 26.4 Å². The van der Waals surface area contributed by atoms with Gasteiger partial charge in [-0.25, -0.2) is 0 Å². The summed E-state index contributed by atoms with van der Waals surface area (Å²) in [6, 6.07) is 24.5. The van der Waals surface area contributed by atoms with E-state index in [-0.39, 0.29) is 0 Å². The molecule has 0 atom stereocenters. The lowest BCUT2D eigenvalue weighted by Crippen LogP contribution is -2.22. The van der Waals surface area contributed by atoms with Crippen molar-refractivity contribution in [1.29, 1.82) is 0 Å². The first-order valence-electron chi connectivity index (χ1n) is 10.1. The van der Waals surface area contributed by atoms with E-state index in [4.69, 9.17) is 5.73 Å². The van der Waals surface area contributed by atoms with Crippen molar-refractivity contribution in [1.82, 2.24) is 10.3 Å². The molecular weight excluding hydrogens is 370 g/mol. The predicted octanol–water partition coefficient (Wildman–Crippen LogP) is 6.40. The molecule has 0 unspecified atom stereocenters. The maximum absolute atomic E-state index is 6.42. The first-order valence-corrected chi connectivity index (χ1v) is 10.1. The Balaban J connectivity index is 1.64. The highest BCUT2D eigenvalue weighted by Gasteiger charge is 2.10. The standard InChI is InChI=1S/C25H25N5/c1-17(2)27-15-19-14-24(25(26)22-11-7-6-10-21(19)22)30-29-20-12-13-23(28-16-20)18-8-4-3-5-9-18/h3-14,16-17,27H,15,26H2,1-2H3. The summed E-state index contributed by atoms with van der Waals surface area (Å²) in [7, 11) is 0. The summed E-state index contributed by atoms with van der Waals surface area (Å²) >= 11 is 0. The monoisotopic (exact) mass is 395 g/mol. The zero-order chi connectivity index (χ0) is 20.9. The van der Waals surface area contributed by atoms with Crippen molar-refractivity contribution in [2.75, 3.05) is 5.73 Å². The van der Waals surface area contributed by atoms with Gasteiger partial charge in [-0.05, 0) is 29.1 Å². The van der Waals surface area contributed by atoms with Gasteiger partial charge >= 0.3 is 0 Å². The molecule has 0 radical (unpaired) electrons. The second-order valence-corrected chi connectivity index (χ2v) is 7.52. The lowest BCUT2D eigenvalue weighted by molar-refractivity contribution is 0.591. The van der Waals surface area contributed by atoms with Gasteiger partial charge < -0.3 is 11.1 Å². The fourth-order valence-corrected chi connectivity index (χ4v) is 3.34. The molecule has 1 heterocycles. The fraction of sp³-hybridized carbons (Fsp3) is 0.160. The molecule has 0 saturated heterocycles. The van der Waals surface area contributed by atoms with E-state index in [0.29, 0.717) is 23.1 Å². The van der Waals surface area contributed by atoms with Gasteiger partial charge in [0.1, 0.15) is 11.4 Å². The first kappa shape index (κ1) is 19.7. The van der Waals surface area contributed by atoms with E-state index < -0.39 is 0 Å². The van der Waals surface area contributed by atoms with Crippen LogP contribution in [0.2, 0.25) is 0 Å². The third-order valence-electron chi connectivity index (χ3n) is 4.94. The average Bonchev–Trinajstić information content (AvgIpc) is 2.79. The van der Waals surface area contributed by atoms with Crippen LogP contribution in [0.1, 0.15) is 19.4 Å². The maximum Gasteiger partial charge on any atom is 0.110 e. The number of anilines is 1. The highest BCUT2D eigenvalue weighted by Crippen LogP contribution is 2.35. The van der Waals surface area contributed by atoms with Crippen molar-refractivity contribution in [2.24, 2.45) is 10.2 Å². The number of nitrogen functional groups attached to an aromatic ring is 1. The van der Waals surface area contributed by atoms with Crippen molar-refractivity contribution in [3.63, 3.8) is 0 Å². The van der Waals surface area contributed by atoms with E-state index in [2.05, 4.69) is 40.4 Å². The number of nitrogens with zero attached hydrogens (tertiary/aromatic N) is 3. The van der Waals surface area contributed by atoms with Crippen LogP contribution in [0.3, 0.4) is 0 Å². The number of aromatic nitrogens is 1. The Kier molecular flexibility index (Phi) is 5.82. The molecule has 5 nitrogen and oxygen atoms in total. The van der Waals surface area contributed by atoms with E-state index in [1.807, 2.05) is 66.7 Å². The van der Waals surface area contributed by atoms with Crippen molar-refractivity contribution < 1.29 is 0 Å². The first-order chi connectivity index (χ1) is 14.6. The van der Waals surface area contributed by atoms with Crippen LogP contribution in [0.4, 0.5) is 17.1 Å². The van der Waals surface area contributed by atoms with Crippen LogP contribution in [-0.4, -0.2) is 11.0 Å². The number of benzene rings is 3. The molecule has 3 N–H and O–H groups in total. The van der Waals surface area contributed by atoms with Gasteiger partial charge in [0.2, 0.25) is 0 Å². The summed E-state index contributed by atoms with van der Waals surface area (Å²) in [5.41, 5.74) is 11.5. The lowest BCUT2D eigenvalue weighted by Gasteiger charge is -2.13. The summed E-state index contributed by atoms with van der Waals surface area (Å²) in [5.74, 6) is 0. The highest BCUT2D eigenvalue weighted by atomic mass is 15.1. The molecule has 4 rings (SSSR count). The van der Waals surface area contributed by atoms with Crippen molar-refractivity contribution in [3.05, 3.63) is 84.6 Å². The van der Waals surface area contributed by atoms with E-state index in [0.717, 1.165) is 34.1 Å². The number of rotatable bonds is 6. The number of hydrogen-bond acceptors (Lipinski definition) is 5. The Morgan fingerprint density at radius 3 is 2.33 bits per heavy atom. The van der Waals surface area contributed by atoms with Gasteiger partial charge in [0.25, 0.3) is 0 Å². The number of fused-ring (bicyclic) bond motifs is 1. The maximum atomic E-state index is 6.42. The second kappa shape index (κ2) is 8.84. The minimum absolute atomic E-state index is 0.389. The predicted molar refractivity (Wildman–Crippen MR) is 124 cm³/mol. The molecule has 0 saturated carbocycles. The lowest BCUT2D eigenvalue weighted by atomic mass is 10.0. The molecule has 4 aromatic rings. The zero-order valence-corrected chi connectivity index (χ0v) is 17.2. The molecule has 0 bridgehead atoms. The van der Waals surface area contributed by atoms with Gasteiger partial charge in [-0.3, -0.25) is 4.98 Å². The fourth-order valence-electron chi connectivity index (χ4n) is 3.34. The van der Waals surface area contributed by atoms with Gasteiger partial charge in [0.05, 0.1) is 17.6 Å². The molecule has 3 aromatic carbocycles. The van der Waals surface area contributed by atoms with Gasteiger partial charge in [-0.2, -0.15) is 0 Å². The van der Waals surface area contributed by atoms with Crippen LogP contribution >= 0.6 is 0 Å². The third-order valence-corrected chi connectivity index (χ3v) is 4.94. The van der Waals surface area contributed by atoms with E-state index in [1.54, 1.807) is 6.20 Å². The number of nitrogens with two attached hydrogens (primary N) is 1. The van der Waals surface area contributed by atoms with Crippen molar-refractivity contribution in [3.8, 4) is 11.3 Å². The minimum Gasteiger partial charge on any atom is -0.396 e. The largest absolute Gasteiger partial charge is 0.396 e. The van der Waals surface area contributed by atoms with Gasteiger partial charge in [-0.1, -0.05) is 68.4 Å². The molecule has 0 aliphatic heterocycles. The molecule has 5 heteroatoms. The van der Waals surface area contributed by atoms with Crippen molar-refractivity contribution >= 4 is 27.8 Å². The summed E-state index contributed by atoms with van der Waals surface area (Å²) in [6.45, 7) is 5.01. The molecule has 0 aliphatic carbocycles. The average molecular weight is 396 g/mol. The summed E-state index contributed by atoms with van der Waals surface area (Å²) in [5, 5.41) is 14.4. The Morgan fingerprint density at radius 1 is 0.900 bits per heavy atom. The molecule has 0 amide bonds. The topological polar surface area (TPSA) is 75.7 Å². The Labute approximate surface area is 176 Å². The van der Waals surface area contributed by atoms with Gasteiger partial charge in [-0.15, -0.1) is 10.2 Å². The minimum atomic E-state index is 0.389. The third kappa shape index (κ3) is 4.36. The molecule has 1 aromatic heterocycles. The second-order valence-electron chi connectivity index (χ2n) is 7.52. The van der Waals surface area contributed by atoms with Gasteiger partial charge in [0.15, 0.2) is 0 Å². The zero-order valence-electron chi connectivity index (χ0n) is 17.2. The summed E-state index contributed by atoms with van der Waals surface area (Å²) in [6.07, 6.45) is 1.73. The SMILES string of the molecule is CC(C)NCc1cc(N=Nc2ccc(-c3ccccc3)nc2)c(N)c2ccccc12. The summed E-state index contributed by atoms with van der Waals surface area (Å²) < 4.78 is 0. The molecular formula is C25H25N5. The van der Waals surface area contributed by atoms with Crippen LogP contribution in [0.25, 0.3) is 22.0 Å². The Hall–Kier alpha value is -3.57. The number of azo groups is 1. The molecule has 0 fully saturated rings. The van der Waals surface area contributed by atoms with Crippen LogP contribution in [-0.2, 0) is 6.54 Å². The van der Waals surface area contributed by atoms with Crippen LogP contribution in [0.15, 0.2) is 89.2 Å². The number of pyridine rings is 1. The Morgan fingerprint density at radius 2 is 1.63 bits per heavy atom. The normalized spacial score (nSPS) is 11.6. The van der Waals surface area contributed by atoms with Gasteiger partial charge in [0, 0.05) is 23.5 Å². The molecule has 30 heavy (non-hydrogen) atoms. The number of hydrogen-bond donors (Lipinski definition) is 2. The number of nitrogens with one attached hydrogen (secondary N) is 1. The molecule has 150 valence electrons. The highest BCUT2D eigenvalue weighted by molar-refractivity contribution is 6.00. The quantitative estimate of drug-likeness (QED) is 0.293.